The predicted molar refractivity (Wildman–Crippen MR) is 85.6 cm³/mol. The maximum atomic E-state index is 13.0. The van der Waals surface area contributed by atoms with Gasteiger partial charge in [-0.3, -0.25) is 4.79 Å². The van der Waals surface area contributed by atoms with Gasteiger partial charge in [-0.2, -0.15) is 0 Å². The minimum atomic E-state index is -1.05. The van der Waals surface area contributed by atoms with Crippen LogP contribution in [-0.2, 0) is 4.79 Å². The molecular formula is C15H12F3N3OS. The smallest absolute Gasteiger partial charge is 0.243 e. The summed E-state index contributed by atoms with van der Waals surface area (Å²) in [6.07, 6.45) is 0. The quantitative estimate of drug-likeness (QED) is 0.750. The molecule has 0 atom stereocenters. The average molecular weight is 339 g/mol. The number of benzene rings is 2. The van der Waals surface area contributed by atoms with E-state index < -0.39 is 17.5 Å². The summed E-state index contributed by atoms with van der Waals surface area (Å²) in [5, 5.41) is 7.96. The third-order valence-electron chi connectivity index (χ3n) is 2.71. The number of nitrogens with one attached hydrogen (secondary N) is 3. The number of rotatable bonds is 4. The molecule has 1 amide bonds. The van der Waals surface area contributed by atoms with Crippen LogP contribution >= 0.6 is 12.2 Å². The van der Waals surface area contributed by atoms with E-state index in [1.807, 2.05) is 0 Å². The van der Waals surface area contributed by atoms with E-state index in [1.54, 1.807) is 0 Å². The third kappa shape index (κ3) is 5.26. The van der Waals surface area contributed by atoms with Crippen LogP contribution in [0.5, 0.6) is 0 Å². The van der Waals surface area contributed by atoms with Crippen LogP contribution in [0.1, 0.15) is 0 Å². The summed E-state index contributed by atoms with van der Waals surface area (Å²) < 4.78 is 38.5. The average Bonchev–Trinajstić information content (AvgIpc) is 2.51. The molecule has 0 unspecified atom stereocenters. The second kappa shape index (κ2) is 7.59. The zero-order valence-corrected chi connectivity index (χ0v) is 12.5. The van der Waals surface area contributed by atoms with Crippen molar-refractivity contribution in [1.29, 1.82) is 0 Å². The van der Waals surface area contributed by atoms with Crippen molar-refractivity contribution >= 4 is 34.6 Å². The van der Waals surface area contributed by atoms with Gasteiger partial charge in [0.25, 0.3) is 0 Å². The van der Waals surface area contributed by atoms with E-state index in [0.29, 0.717) is 5.69 Å². The molecule has 0 fully saturated rings. The topological polar surface area (TPSA) is 53.2 Å². The molecule has 0 aliphatic rings. The molecule has 2 aromatic rings. The van der Waals surface area contributed by atoms with Gasteiger partial charge in [0.05, 0.1) is 6.54 Å². The van der Waals surface area contributed by atoms with Gasteiger partial charge in [-0.25, -0.2) is 13.2 Å². The van der Waals surface area contributed by atoms with Crippen molar-refractivity contribution in [3.63, 3.8) is 0 Å². The van der Waals surface area contributed by atoms with E-state index in [4.69, 9.17) is 12.2 Å². The first-order valence-electron chi connectivity index (χ1n) is 6.49. The Morgan fingerprint density at radius 2 is 1.57 bits per heavy atom. The second-order valence-electron chi connectivity index (χ2n) is 4.49. The molecule has 0 radical (unpaired) electrons. The lowest BCUT2D eigenvalue weighted by atomic mass is 10.3. The Hall–Kier alpha value is -2.61. The van der Waals surface area contributed by atoms with Crippen LogP contribution in [0.3, 0.4) is 0 Å². The van der Waals surface area contributed by atoms with Gasteiger partial charge >= 0.3 is 0 Å². The molecule has 4 nitrogen and oxygen atoms in total. The highest BCUT2D eigenvalue weighted by atomic mass is 32.1. The number of carbonyl (C=O) groups is 1. The molecule has 3 N–H and O–H groups in total. The largest absolute Gasteiger partial charge is 0.353 e. The number of amides is 1. The van der Waals surface area contributed by atoms with Crippen LogP contribution in [0.25, 0.3) is 0 Å². The van der Waals surface area contributed by atoms with Crippen molar-refractivity contribution in [3.8, 4) is 0 Å². The molecule has 0 aliphatic carbocycles. The number of halogens is 3. The zero-order valence-electron chi connectivity index (χ0n) is 11.7. The molecular weight excluding hydrogens is 327 g/mol. The van der Waals surface area contributed by atoms with E-state index in [-0.39, 0.29) is 23.2 Å². The number of hydrogen-bond acceptors (Lipinski definition) is 2. The number of anilines is 2. The molecule has 0 aliphatic heterocycles. The van der Waals surface area contributed by atoms with Crippen LogP contribution in [-0.4, -0.2) is 17.6 Å². The third-order valence-corrected chi connectivity index (χ3v) is 2.96. The Labute approximate surface area is 135 Å². The maximum Gasteiger partial charge on any atom is 0.243 e. The monoisotopic (exact) mass is 339 g/mol. The lowest BCUT2D eigenvalue weighted by molar-refractivity contribution is -0.115. The molecule has 2 rings (SSSR count). The Morgan fingerprint density at radius 1 is 0.913 bits per heavy atom. The van der Waals surface area contributed by atoms with Crippen LogP contribution in [0, 0.1) is 17.5 Å². The lowest BCUT2D eigenvalue weighted by Gasteiger charge is -2.11. The van der Waals surface area contributed by atoms with Gasteiger partial charge in [0.1, 0.15) is 5.82 Å². The van der Waals surface area contributed by atoms with Gasteiger partial charge < -0.3 is 16.0 Å². The van der Waals surface area contributed by atoms with Crippen molar-refractivity contribution in [2.45, 2.75) is 0 Å². The molecule has 2 aromatic carbocycles. The lowest BCUT2D eigenvalue weighted by Crippen LogP contribution is -2.35. The van der Waals surface area contributed by atoms with Crippen molar-refractivity contribution in [2.24, 2.45) is 0 Å². The zero-order chi connectivity index (χ0) is 16.8. The van der Waals surface area contributed by atoms with Gasteiger partial charge in [-0.1, -0.05) is 0 Å². The Morgan fingerprint density at radius 3 is 2.22 bits per heavy atom. The van der Waals surface area contributed by atoms with E-state index in [0.717, 1.165) is 12.1 Å². The second-order valence-corrected chi connectivity index (χ2v) is 4.90. The Kier molecular flexibility index (Phi) is 5.53. The fourth-order valence-corrected chi connectivity index (χ4v) is 1.84. The van der Waals surface area contributed by atoms with Crippen molar-refractivity contribution < 1.29 is 18.0 Å². The van der Waals surface area contributed by atoms with Crippen molar-refractivity contribution in [1.82, 2.24) is 5.32 Å². The van der Waals surface area contributed by atoms with Crippen molar-refractivity contribution in [2.75, 3.05) is 17.2 Å². The summed E-state index contributed by atoms with van der Waals surface area (Å²) in [6, 6.07) is 8.55. The van der Waals surface area contributed by atoms with Crippen LogP contribution in [0.15, 0.2) is 42.5 Å². The van der Waals surface area contributed by atoms with E-state index in [2.05, 4.69) is 16.0 Å². The molecule has 0 spiro atoms. The van der Waals surface area contributed by atoms with Gasteiger partial charge in [0.15, 0.2) is 16.7 Å². The fourth-order valence-electron chi connectivity index (χ4n) is 1.65. The molecule has 120 valence electrons. The van der Waals surface area contributed by atoms with Crippen LogP contribution < -0.4 is 16.0 Å². The van der Waals surface area contributed by atoms with E-state index in [9.17, 15) is 18.0 Å². The minimum Gasteiger partial charge on any atom is -0.353 e. The highest BCUT2D eigenvalue weighted by molar-refractivity contribution is 7.80. The summed E-state index contributed by atoms with van der Waals surface area (Å²) in [7, 11) is 0. The summed E-state index contributed by atoms with van der Waals surface area (Å²) >= 11 is 4.98. The molecule has 23 heavy (non-hydrogen) atoms. The van der Waals surface area contributed by atoms with E-state index in [1.165, 1.54) is 30.3 Å². The summed E-state index contributed by atoms with van der Waals surface area (Å²) in [4.78, 5) is 11.7. The van der Waals surface area contributed by atoms with Gasteiger partial charge in [-0.05, 0) is 48.6 Å². The molecule has 0 heterocycles. The molecule has 0 aromatic heterocycles. The normalized spacial score (nSPS) is 10.0. The first kappa shape index (κ1) is 16.8. The van der Waals surface area contributed by atoms with E-state index >= 15 is 0 Å². The Balaban J connectivity index is 1.80. The predicted octanol–water partition coefficient (Wildman–Crippen LogP) is 3.03. The fraction of sp³-hybridized carbons (Fsp3) is 0.0667. The molecule has 8 heteroatoms. The molecule has 0 saturated heterocycles. The van der Waals surface area contributed by atoms with Crippen LogP contribution in [0.4, 0.5) is 24.5 Å². The first-order valence-corrected chi connectivity index (χ1v) is 6.90. The highest BCUT2D eigenvalue weighted by Crippen LogP contribution is 2.12. The number of hydrogen-bond donors (Lipinski definition) is 3. The summed E-state index contributed by atoms with van der Waals surface area (Å²) in [5.41, 5.74) is 0.693. The molecule has 0 bridgehead atoms. The molecule has 0 saturated carbocycles. The van der Waals surface area contributed by atoms with Gasteiger partial charge in [0, 0.05) is 17.4 Å². The summed E-state index contributed by atoms with van der Waals surface area (Å²) in [6.45, 7) is -0.175. The van der Waals surface area contributed by atoms with Gasteiger partial charge in [-0.15, -0.1) is 0 Å². The number of thiocarbonyl (C=S) groups is 1. The summed E-state index contributed by atoms with van der Waals surface area (Å²) in [5.74, 6) is -2.91. The Bertz CT molecular complexity index is 722. The minimum absolute atomic E-state index is 0.133. The van der Waals surface area contributed by atoms with Gasteiger partial charge in [0.2, 0.25) is 5.91 Å². The highest BCUT2D eigenvalue weighted by Gasteiger charge is 2.07. The standard InChI is InChI=1S/C15H12F3N3OS/c16-9-1-3-10(4-2-9)21-15(23)19-8-14(22)20-11-5-6-12(17)13(18)7-11/h1-7H,8H2,(H,20,22)(H2,19,21,23). The maximum absolute atomic E-state index is 13.0. The SMILES string of the molecule is O=C(CNC(=S)Nc1ccc(F)cc1)Nc1ccc(F)c(F)c1. The van der Waals surface area contributed by atoms with Crippen molar-refractivity contribution in [3.05, 3.63) is 59.9 Å². The van der Waals surface area contributed by atoms with Crippen LogP contribution in [0.2, 0.25) is 0 Å². The number of carbonyl (C=O) groups excluding carboxylic acids is 1. The first-order chi connectivity index (χ1) is 10.9.